The van der Waals surface area contributed by atoms with Crippen LogP contribution in [-0.4, -0.2) is 50.2 Å². The molecule has 0 atom stereocenters. The van der Waals surface area contributed by atoms with Gasteiger partial charge in [0, 0.05) is 41.9 Å². The number of nitrogens with zero attached hydrogens (tertiary/aromatic N) is 5. The summed E-state index contributed by atoms with van der Waals surface area (Å²) in [5.41, 5.74) is 3.60. The van der Waals surface area contributed by atoms with Gasteiger partial charge in [0.25, 0.3) is 0 Å². The minimum atomic E-state index is -0.217. The largest absolute Gasteiger partial charge is 0.493 e. The highest BCUT2D eigenvalue weighted by Crippen LogP contribution is 2.36. The van der Waals surface area contributed by atoms with Crippen molar-refractivity contribution in [3.05, 3.63) is 47.2 Å². The van der Waals surface area contributed by atoms with Crippen molar-refractivity contribution in [1.82, 2.24) is 24.5 Å². The summed E-state index contributed by atoms with van der Waals surface area (Å²) in [6.45, 7) is 3.25. The quantitative estimate of drug-likeness (QED) is 0.700. The molecule has 7 nitrogen and oxygen atoms in total. The number of hydrogen-bond donors (Lipinski definition) is 1. The van der Waals surface area contributed by atoms with Crippen LogP contribution in [0.1, 0.15) is 48.3 Å². The van der Waals surface area contributed by atoms with Gasteiger partial charge in [-0.3, -0.25) is 4.40 Å². The van der Waals surface area contributed by atoms with Crippen LogP contribution in [0.25, 0.3) is 5.65 Å². The van der Waals surface area contributed by atoms with E-state index in [9.17, 15) is 4.39 Å². The summed E-state index contributed by atoms with van der Waals surface area (Å²) in [6.07, 6.45) is 9.33. The summed E-state index contributed by atoms with van der Waals surface area (Å²) in [4.78, 5) is 7.29. The Bertz CT molecular complexity index is 1090. The molecule has 3 aromatic rings. The van der Waals surface area contributed by atoms with Crippen molar-refractivity contribution in [3.8, 4) is 5.75 Å². The van der Waals surface area contributed by atoms with E-state index in [1.807, 2.05) is 10.6 Å². The molecule has 3 aliphatic rings. The van der Waals surface area contributed by atoms with Crippen molar-refractivity contribution < 1.29 is 9.13 Å². The fourth-order valence-electron chi connectivity index (χ4n) is 4.95. The van der Waals surface area contributed by atoms with Gasteiger partial charge < -0.3 is 15.0 Å². The van der Waals surface area contributed by atoms with E-state index in [0.717, 1.165) is 60.9 Å². The Balaban J connectivity index is 1.23. The maximum absolute atomic E-state index is 14.4. The monoisotopic (exact) mass is 408 g/mol. The third-order valence-corrected chi connectivity index (χ3v) is 6.76. The van der Waals surface area contributed by atoms with E-state index in [1.54, 1.807) is 12.4 Å². The molecular weight excluding hydrogens is 383 g/mol. The van der Waals surface area contributed by atoms with E-state index in [4.69, 9.17) is 4.74 Å². The van der Waals surface area contributed by atoms with Gasteiger partial charge in [-0.1, -0.05) is 0 Å². The number of piperidine rings is 1. The first-order valence-corrected chi connectivity index (χ1v) is 10.9. The molecule has 2 fully saturated rings. The highest BCUT2D eigenvalue weighted by molar-refractivity contribution is 5.53. The highest BCUT2D eigenvalue weighted by atomic mass is 19.1. The first kappa shape index (κ1) is 18.1. The van der Waals surface area contributed by atoms with E-state index >= 15 is 0 Å². The van der Waals surface area contributed by atoms with Crippen molar-refractivity contribution in [1.29, 1.82) is 0 Å². The molecule has 2 aliphatic heterocycles. The molecule has 0 spiro atoms. The van der Waals surface area contributed by atoms with E-state index in [0.29, 0.717) is 30.6 Å². The Morgan fingerprint density at radius 1 is 1.17 bits per heavy atom. The molecule has 156 valence electrons. The molecule has 4 heterocycles. The fourth-order valence-corrected chi connectivity index (χ4v) is 4.95. The number of hydrogen-bond acceptors (Lipinski definition) is 6. The highest BCUT2D eigenvalue weighted by Gasteiger charge is 2.33. The fraction of sp³-hybridized carbons (Fsp3) is 0.500. The van der Waals surface area contributed by atoms with Crippen LogP contribution < -0.4 is 10.1 Å². The normalized spacial score (nSPS) is 19.8. The van der Waals surface area contributed by atoms with Crippen LogP contribution in [0.5, 0.6) is 5.75 Å². The number of nitrogens with one attached hydrogen (secondary N) is 1. The maximum atomic E-state index is 14.4. The number of fused-ring (bicyclic) bond motifs is 2. The van der Waals surface area contributed by atoms with E-state index in [1.165, 1.54) is 18.9 Å². The zero-order valence-corrected chi connectivity index (χ0v) is 16.9. The van der Waals surface area contributed by atoms with Gasteiger partial charge in [0.2, 0.25) is 5.95 Å². The van der Waals surface area contributed by atoms with Gasteiger partial charge in [0.05, 0.1) is 6.61 Å². The van der Waals surface area contributed by atoms with Gasteiger partial charge in [0.15, 0.2) is 5.65 Å². The second kappa shape index (κ2) is 7.19. The predicted octanol–water partition coefficient (Wildman–Crippen LogP) is 3.15. The van der Waals surface area contributed by atoms with Crippen molar-refractivity contribution in [2.24, 2.45) is 0 Å². The Hall–Kier alpha value is -2.74. The molecule has 2 aromatic heterocycles. The average molecular weight is 408 g/mol. The molecule has 30 heavy (non-hydrogen) atoms. The van der Waals surface area contributed by atoms with Crippen LogP contribution in [0.2, 0.25) is 0 Å². The van der Waals surface area contributed by atoms with Crippen molar-refractivity contribution in [2.75, 3.05) is 25.0 Å². The predicted molar refractivity (Wildman–Crippen MR) is 110 cm³/mol. The molecule has 1 aliphatic carbocycles. The molecule has 1 saturated heterocycles. The van der Waals surface area contributed by atoms with E-state index in [-0.39, 0.29) is 5.82 Å². The van der Waals surface area contributed by atoms with Gasteiger partial charge in [-0.2, -0.15) is 0 Å². The summed E-state index contributed by atoms with van der Waals surface area (Å²) < 4.78 is 21.9. The van der Waals surface area contributed by atoms with E-state index in [2.05, 4.69) is 25.4 Å². The van der Waals surface area contributed by atoms with Crippen LogP contribution in [0.15, 0.2) is 24.7 Å². The van der Waals surface area contributed by atoms with Crippen molar-refractivity contribution >= 4 is 11.6 Å². The zero-order chi connectivity index (χ0) is 20.1. The number of rotatable bonds is 5. The molecule has 1 N–H and O–H groups in total. The Morgan fingerprint density at radius 3 is 2.87 bits per heavy atom. The zero-order valence-electron chi connectivity index (χ0n) is 16.9. The molecule has 0 amide bonds. The molecule has 8 heteroatoms. The number of benzene rings is 1. The Labute approximate surface area is 174 Å². The summed E-state index contributed by atoms with van der Waals surface area (Å²) in [7, 11) is 0. The molecule has 0 radical (unpaired) electrons. The molecule has 1 saturated carbocycles. The lowest BCUT2D eigenvalue weighted by atomic mass is 9.90. The minimum absolute atomic E-state index is 0.217. The van der Waals surface area contributed by atoms with Crippen molar-refractivity contribution in [3.63, 3.8) is 0 Å². The topological polar surface area (TPSA) is 67.6 Å². The van der Waals surface area contributed by atoms with Gasteiger partial charge in [-0.05, 0) is 56.8 Å². The molecule has 6 rings (SSSR count). The minimum Gasteiger partial charge on any atom is -0.493 e. The lowest BCUT2D eigenvalue weighted by molar-refractivity contribution is 0.203. The summed E-state index contributed by atoms with van der Waals surface area (Å²) >= 11 is 0. The number of halogens is 1. The van der Waals surface area contributed by atoms with Gasteiger partial charge in [-0.25, -0.2) is 9.37 Å². The van der Waals surface area contributed by atoms with E-state index < -0.39 is 0 Å². The lowest BCUT2D eigenvalue weighted by Crippen LogP contribution is -2.34. The summed E-state index contributed by atoms with van der Waals surface area (Å²) in [5, 5.41) is 11.8. The van der Waals surface area contributed by atoms with Gasteiger partial charge >= 0.3 is 0 Å². The average Bonchev–Trinajstić information content (AvgIpc) is 3.30. The standard InChI is InChI=1S/C22H25FN6O/c23-19-3-4-20-16(7-10-30-20)18(19)12-25-22-24-11-17(21-27-26-13-29(21)22)14-5-8-28(9-6-14)15-1-2-15/h3-4,11,13-15H,1-2,5-10,12H2,(H,24,25). The number of likely N-dealkylation sites (tertiary alicyclic amines) is 1. The lowest BCUT2D eigenvalue weighted by Gasteiger charge is -2.32. The number of anilines is 1. The van der Waals surface area contributed by atoms with Crippen LogP contribution in [0, 0.1) is 5.82 Å². The third-order valence-electron chi connectivity index (χ3n) is 6.76. The first-order valence-electron chi connectivity index (χ1n) is 10.9. The smallest absolute Gasteiger partial charge is 0.210 e. The van der Waals surface area contributed by atoms with Gasteiger partial charge in [-0.15, -0.1) is 10.2 Å². The van der Waals surface area contributed by atoms with Crippen LogP contribution in [0.4, 0.5) is 10.3 Å². The SMILES string of the molecule is Fc1ccc2c(c1CNc1ncc(C3CCN(C4CC4)CC3)c3nncn13)CCO2. The van der Waals surface area contributed by atoms with Crippen LogP contribution >= 0.6 is 0 Å². The third kappa shape index (κ3) is 3.10. The molecule has 1 aromatic carbocycles. The number of ether oxygens (including phenoxy) is 1. The Kier molecular flexibility index (Phi) is 4.33. The summed E-state index contributed by atoms with van der Waals surface area (Å²) in [6, 6.07) is 4.01. The van der Waals surface area contributed by atoms with Gasteiger partial charge in [0.1, 0.15) is 17.9 Å². The number of aromatic nitrogens is 4. The van der Waals surface area contributed by atoms with Crippen LogP contribution in [-0.2, 0) is 13.0 Å². The first-order chi connectivity index (χ1) is 14.8. The summed E-state index contributed by atoms with van der Waals surface area (Å²) in [5.74, 6) is 1.65. The van der Waals surface area contributed by atoms with Crippen molar-refractivity contribution in [2.45, 2.75) is 50.6 Å². The molecule has 0 bridgehead atoms. The van der Waals surface area contributed by atoms with Crippen LogP contribution in [0.3, 0.4) is 0 Å². The molecular formula is C22H25FN6O. The molecule has 0 unspecified atom stereocenters. The Morgan fingerprint density at radius 2 is 2.03 bits per heavy atom. The second-order valence-corrected chi connectivity index (χ2v) is 8.56. The maximum Gasteiger partial charge on any atom is 0.210 e. The second-order valence-electron chi connectivity index (χ2n) is 8.56.